The molecule has 1 aromatic heterocycles. The Hall–Kier alpha value is -2.31. The van der Waals surface area contributed by atoms with Crippen molar-refractivity contribution in [2.24, 2.45) is 0 Å². The molecule has 7 heteroatoms. The van der Waals surface area contributed by atoms with Crippen LogP contribution in [-0.2, 0) is 4.74 Å². The lowest BCUT2D eigenvalue weighted by atomic mass is 10.0. The molecule has 1 N–H and O–H groups in total. The van der Waals surface area contributed by atoms with Crippen LogP contribution in [0.1, 0.15) is 38.2 Å². The largest absolute Gasteiger partial charge is 0.485 e. The van der Waals surface area contributed by atoms with Crippen molar-refractivity contribution in [2.45, 2.75) is 45.4 Å². The summed E-state index contributed by atoms with van der Waals surface area (Å²) in [6.45, 7) is 7.75. The molecule has 0 aliphatic carbocycles. The first-order valence-electron chi connectivity index (χ1n) is 7.03. The molecule has 1 aliphatic rings. The normalized spacial score (nSPS) is 21.0. The number of ether oxygens (including phenoxy) is 2. The number of carbonyl (C=O) groups is 2. The third-order valence-corrected chi connectivity index (χ3v) is 3.28. The first-order chi connectivity index (χ1) is 10.2. The lowest BCUT2D eigenvalue weighted by Crippen LogP contribution is -2.63. The molecule has 1 aliphatic heterocycles. The van der Waals surface area contributed by atoms with Gasteiger partial charge >= 0.3 is 12.1 Å². The van der Waals surface area contributed by atoms with Crippen LogP contribution >= 0.6 is 0 Å². The van der Waals surface area contributed by atoms with Crippen LogP contribution in [0.2, 0.25) is 0 Å². The summed E-state index contributed by atoms with van der Waals surface area (Å²) in [6.07, 6.45) is 0.843. The number of hydrogen-bond acceptors (Lipinski definition) is 5. The lowest BCUT2D eigenvalue weighted by molar-refractivity contribution is -0.0537. The van der Waals surface area contributed by atoms with Gasteiger partial charge in [0.05, 0.1) is 18.8 Å². The monoisotopic (exact) mass is 308 g/mol. The van der Waals surface area contributed by atoms with Crippen molar-refractivity contribution in [1.82, 2.24) is 9.88 Å². The summed E-state index contributed by atoms with van der Waals surface area (Å²) >= 11 is 0. The highest BCUT2D eigenvalue weighted by Gasteiger charge is 2.42. The smallest absolute Gasteiger partial charge is 0.410 e. The van der Waals surface area contributed by atoms with Crippen molar-refractivity contribution >= 4 is 12.1 Å². The SMILES string of the molecule is C[C@@H]1[C@@H](Oc2ccc(C(=O)O)nc2)CN1C(=O)OC(C)(C)C. The number of pyridine rings is 1. The molecule has 7 nitrogen and oxygen atoms in total. The van der Waals surface area contributed by atoms with E-state index >= 15 is 0 Å². The van der Waals surface area contributed by atoms with Gasteiger partial charge in [0.2, 0.25) is 0 Å². The third-order valence-electron chi connectivity index (χ3n) is 3.28. The van der Waals surface area contributed by atoms with Gasteiger partial charge in [0.15, 0.2) is 0 Å². The fraction of sp³-hybridized carbons (Fsp3) is 0.533. The molecule has 120 valence electrons. The Labute approximate surface area is 128 Å². The number of carboxylic acids is 1. The van der Waals surface area contributed by atoms with E-state index in [4.69, 9.17) is 14.6 Å². The molecule has 0 unspecified atom stereocenters. The molecule has 2 rings (SSSR count). The Balaban J connectivity index is 1.89. The van der Waals surface area contributed by atoms with E-state index in [9.17, 15) is 9.59 Å². The minimum atomic E-state index is -1.08. The maximum absolute atomic E-state index is 11.9. The summed E-state index contributed by atoms with van der Waals surface area (Å²) < 4.78 is 11.0. The minimum Gasteiger partial charge on any atom is -0.485 e. The number of hydrogen-bond donors (Lipinski definition) is 1. The standard InChI is InChI=1S/C15H20N2O5/c1-9-12(8-17(9)14(20)22-15(2,3)4)21-10-5-6-11(13(18)19)16-7-10/h5-7,9,12H,8H2,1-4H3,(H,18,19)/t9-,12+/m1/s1. The van der Waals surface area contributed by atoms with Gasteiger partial charge in [0, 0.05) is 0 Å². The molecule has 1 fully saturated rings. The molecule has 1 amide bonds. The number of rotatable bonds is 3. The molecule has 22 heavy (non-hydrogen) atoms. The van der Waals surface area contributed by atoms with Gasteiger partial charge in [-0.25, -0.2) is 14.6 Å². The van der Waals surface area contributed by atoms with Gasteiger partial charge in [0.1, 0.15) is 23.1 Å². The zero-order valence-corrected chi connectivity index (χ0v) is 13.1. The number of aromatic carboxylic acids is 1. The summed E-state index contributed by atoms with van der Waals surface area (Å²) in [5.41, 5.74) is -0.566. The van der Waals surface area contributed by atoms with Crippen LogP contribution in [0.15, 0.2) is 18.3 Å². The van der Waals surface area contributed by atoms with E-state index in [1.165, 1.54) is 12.3 Å². The second-order valence-corrected chi connectivity index (χ2v) is 6.21. The Kier molecular flexibility index (Phi) is 4.25. The van der Waals surface area contributed by atoms with Gasteiger partial charge in [0.25, 0.3) is 0 Å². The van der Waals surface area contributed by atoms with Crippen LogP contribution in [0.5, 0.6) is 5.75 Å². The number of likely N-dealkylation sites (tertiary alicyclic amines) is 1. The molecule has 1 aromatic rings. The maximum atomic E-state index is 11.9. The van der Waals surface area contributed by atoms with E-state index in [0.717, 1.165) is 0 Å². The van der Waals surface area contributed by atoms with Crippen LogP contribution in [0, 0.1) is 0 Å². The zero-order valence-electron chi connectivity index (χ0n) is 13.1. The second kappa shape index (κ2) is 5.82. The summed E-state index contributed by atoms with van der Waals surface area (Å²) in [4.78, 5) is 28.0. The summed E-state index contributed by atoms with van der Waals surface area (Å²) in [5.74, 6) is -0.606. The van der Waals surface area contributed by atoms with Crippen molar-refractivity contribution < 1.29 is 24.2 Å². The molecule has 1 saturated heterocycles. The zero-order chi connectivity index (χ0) is 16.5. The van der Waals surface area contributed by atoms with Gasteiger partial charge in [-0.1, -0.05) is 0 Å². The Bertz CT molecular complexity index is 564. The first-order valence-corrected chi connectivity index (χ1v) is 7.03. The highest BCUT2D eigenvalue weighted by atomic mass is 16.6. The molecular formula is C15H20N2O5. The number of aromatic nitrogens is 1. The van der Waals surface area contributed by atoms with E-state index in [1.54, 1.807) is 11.0 Å². The van der Waals surface area contributed by atoms with E-state index < -0.39 is 11.6 Å². The molecule has 2 atom stereocenters. The van der Waals surface area contributed by atoms with Crippen LogP contribution < -0.4 is 4.74 Å². The fourth-order valence-corrected chi connectivity index (χ4v) is 2.02. The van der Waals surface area contributed by atoms with E-state index in [0.29, 0.717) is 12.3 Å². The summed E-state index contributed by atoms with van der Waals surface area (Å²) in [6, 6.07) is 2.82. The highest BCUT2D eigenvalue weighted by Crippen LogP contribution is 2.25. The average molecular weight is 308 g/mol. The fourth-order valence-electron chi connectivity index (χ4n) is 2.02. The van der Waals surface area contributed by atoms with E-state index in [-0.39, 0.29) is 23.9 Å². The molecule has 0 spiro atoms. The summed E-state index contributed by atoms with van der Waals surface area (Å²) in [5, 5.41) is 8.78. The number of nitrogens with zero attached hydrogens (tertiary/aromatic N) is 2. The molecule has 0 saturated carbocycles. The molecule has 0 aromatic carbocycles. The van der Waals surface area contributed by atoms with Crippen LogP contribution in [0.25, 0.3) is 0 Å². The van der Waals surface area contributed by atoms with Crippen LogP contribution in [0.4, 0.5) is 4.79 Å². The van der Waals surface area contributed by atoms with Crippen molar-refractivity contribution in [3.05, 3.63) is 24.0 Å². The first kappa shape index (κ1) is 16.1. The van der Waals surface area contributed by atoms with Gasteiger partial charge in [-0.15, -0.1) is 0 Å². The lowest BCUT2D eigenvalue weighted by Gasteiger charge is -2.45. The van der Waals surface area contributed by atoms with E-state index in [2.05, 4.69) is 4.98 Å². The van der Waals surface area contributed by atoms with Gasteiger partial charge in [-0.3, -0.25) is 4.90 Å². The molecular weight excluding hydrogens is 288 g/mol. The molecule has 0 radical (unpaired) electrons. The van der Waals surface area contributed by atoms with Crippen LogP contribution in [0.3, 0.4) is 0 Å². The molecule has 0 bridgehead atoms. The second-order valence-electron chi connectivity index (χ2n) is 6.21. The van der Waals surface area contributed by atoms with E-state index in [1.807, 2.05) is 27.7 Å². The Morgan fingerprint density at radius 3 is 2.50 bits per heavy atom. The Morgan fingerprint density at radius 2 is 2.05 bits per heavy atom. The average Bonchev–Trinajstić information content (AvgIpc) is 2.41. The highest BCUT2D eigenvalue weighted by molar-refractivity contribution is 5.85. The third kappa shape index (κ3) is 3.66. The van der Waals surface area contributed by atoms with Gasteiger partial charge < -0.3 is 14.6 Å². The number of carbonyl (C=O) groups excluding carboxylic acids is 1. The van der Waals surface area contributed by atoms with Crippen molar-refractivity contribution in [2.75, 3.05) is 6.54 Å². The topological polar surface area (TPSA) is 89.0 Å². The Morgan fingerprint density at radius 1 is 1.36 bits per heavy atom. The van der Waals surface area contributed by atoms with Crippen molar-refractivity contribution in [3.8, 4) is 5.75 Å². The predicted octanol–water partition coefficient (Wildman–Crippen LogP) is 2.17. The predicted molar refractivity (Wildman–Crippen MR) is 78.0 cm³/mol. The van der Waals surface area contributed by atoms with Crippen molar-refractivity contribution in [3.63, 3.8) is 0 Å². The minimum absolute atomic E-state index is 0.0376. The van der Waals surface area contributed by atoms with Gasteiger partial charge in [-0.05, 0) is 39.8 Å². The molecule has 2 heterocycles. The van der Waals surface area contributed by atoms with Gasteiger partial charge in [-0.2, -0.15) is 0 Å². The summed E-state index contributed by atoms with van der Waals surface area (Å²) in [7, 11) is 0. The number of carboxylic acid groups (broad SMARTS) is 1. The van der Waals surface area contributed by atoms with Crippen LogP contribution in [-0.4, -0.2) is 51.3 Å². The maximum Gasteiger partial charge on any atom is 0.410 e. The number of amides is 1. The van der Waals surface area contributed by atoms with Crippen molar-refractivity contribution in [1.29, 1.82) is 0 Å². The quantitative estimate of drug-likeness (QED) is 0.920.